The highest BCUT2D eigenvalue weighted by Crippen LogP contribution is 2.34. The Morgan fingerprint density at radius 1 is 1.21 bits per heavy atom. The predicted octanol–water partition coefficient (Wildman–Crippen LogP) is 3.52. The first-order valence-corrected chi connectivity index (χ1v) is 7.80. The Bertz CT molecular complexity index is 751. The Morgan fingerprint density at radius 3 is 2.88 bits per heavy atom. The molecule has 0 unspecified atom stereocenters. The summed E-state index contributed by atoms with van der Waals surface area (Å²) < 4.78 is 15.8. The van der Waals surface area contributed by atoms with Crippen LogP contribution in [0.2, 0.25) is 5.02 Å². The molecule has 126 valence electrons. The van der Waals surface area contributed by atoms with Crippen LogP contribution in [0, 0.1) is 0 Å². The highest BCUT2D eigenvalue weighted by Gasteiger charge is 2.14. The molecule has 0 aromatic heterocycles. The Kier molecular flexibility index (Phi) is 4.96. The SMILES string of the molecule is COc1ccc(Cl)cc1NCCC(=O)Nc1ccc2c(c1)OCO2. The zero-order chi connectivity index (χ0) is 16.9. The van der Waals surface area contributed by atoms with Crippen LogP contribution in [0.5, 0.6) is 17.2 Å². The van der Waals surface area contributed by atoms with E-state index in [0.717, 1.165) is 5.69 Å². The van der Waals surface area contributed by atoms with E-state index in [-0.39, 0.29) is 12.7 Å². The first kappa shape index (κ1) is 16.3. The maximum atomic E-state index is 12.0. The first-order valence-electron chi connectivity index (χ1n) is 7.42. The minimum absolute atomic E-state index is 0.109. The normalized spacial score (nSPS) is 11.9. The highest BCUT2D eigenvalue weighted by molar-refractivity contribution is 6.30. The molecule has 1 amide bonds. The van der Waals surface area contributed by atoms with Crippen molar-refractivity contribution in [2.75, 3.05) is 31.1 Å². The molecule has 0 fully saturated rings. The summed E-state index contributed by atoms with van der Waals surface area (Å²) in [7, 11) is 1.58. The number of methoxy groups -OCH3 is 1. The van der Waals surface area contributed by atoms with E-state index in [1.165, 1.54) is 0 Å². The van der Waals surface area contributed by atoms with Crippen LogP contribution in [0.1, 0.15) is 6.42 Å². The average Bonchev–Trinajstić information content (AvgIpc) is 3.03. The highest BCUT2D eigenvalue weighted by atomic mass is 35.5. The lowest BCUT2D eigenvalue weighted by Crippen LogP contribution is -2.16. The molecule has 0 spiro atoms. The van der Waals surface area contributed by atoms with Crippen molar-refractivity contribution in [2.24, 2.45) is 0 Å². The van der Waals surface area contributed by atoms with Gasteiger partial charge in [-0.05, 0) is 30.3 Å². The molecule has 1 heterocycles. The van der Waals surface area contributed by atoms with Crippen molar-refractivity contribution in [3.05, 3.63) is 41.4 Å². The van der Waals surface area contributed by atoms with E-state index in [1.54, 1.807) is 43.5 Å². The zero-order valence-electron chi connectivity index (χ0n) is 13.1. The zero-order valence-corrected chi connectivity index (χ0v) is 13.9. The second kappa shape index (κ2) is 7.31. The molecular formula is C17H17ClN2O4. The van der Waals surface area contributed by atoms with Crippen LogP contribution in [-0.4, -0.2) is 26.4 Å². The van der Waals surface area contributed by atoms with Crippen LogP contribution in [0.3, 0.4) is 0 Å². The molecule has 0 radical (unpaired) electrons. The summed E-state index contributed by atoms with van der Waals surface area (Å²) in [5.41, 5.74) is 1.42. The van der Waals surface area contributed by atoms with Gasteiger partial charge in [-0.3, -0.25) is 4.79 Å². The first-order chi connectivity index (χ1) is 11.7. The number of carbonyl (C=O) groups excluding carboxylic acids is 1. The standard InChI is InChI=1S/C17H17ClN2O4/c1-22-14-4-2-11(18)8-13(14)19-7-6-17(21)20-12-3-5-15-16(9-12)24-10-23-15/h2-5,8-9,19H,6-7,10H2,1H3,(H,20,21). The molecule has 0 bridgehead atoms. The maximum Gasteiger partial charge on any atom is 0.231 e. The summed E-state index contributed by atoms with van der Waals surface area (Å²) in [5.74, 6) is 1.88. The average molecular weight is 349 g/mol. The van der Waals surface area contributed by atoms with Crippen molar-refractivity contribution >= 4 is 28.9 Å². The summed E-state index contributed by atoms with van der Waals surface area (Å²) in [6.07, 6.45) is 0.296. The lowest BCUT2D eigenvalue weighted by Gasteiger charge is -2.11. The van der Waals surface area contributed by atoms with E-state index in [9.17, 15) is 4.79 Å². The maximum absolute atomic E-state index is 12.0. The van der Waals surface area contributed by atoms with Crippen LogP contribution in [0.25, 0.3) is 0 Å². The van der Waals surface area contributed by atoms with Crippen LogP contribution >= 0.6 is 11.6 Å². The molecule has 0 saturated heterocycles. The number of nitrogens with one attached hydrogen (secondary N) is 2. The van der Waals surface area contributed by atoms with E-state index in [1.807, 2.05) is 0 Å². The van der Waals surface area contributed by atoms with Gasteiger partial charge >= 0.3 is 0 Å². The van der Waals surface area contributed by atoms with Crippen LogP contribution in [0.15, 0.2) is 36.4 Å². The van der Waals surface area contributed by atoms with Gasteiger partial charge in [0, 0.05) is 29.7 Å². The van der Waals surface area contributed by atoms with Gasteiger partial charge in [0.2, 0.25) is 12.7 Å². The quantitative estimate of drug-likeness (QED) is 0.836. The topological polar surface area (TPSA) is 68.8 Å². The number of anilines is 2. The fourth-order valence-corrected chi connectivity index (χ4v) is 2.50. The smallest absolute Gasteiger partial charge is 0.231 e. The minimum atomic E-state index is -0.109. The van der Waals surface area contributed by atoms with Crippen LogP contribution in [-0.2, 0) is 4.79 Å². The molecule has 2 N–H and O–H groups in total. The summed E-state index contributed by atoms with van der Waals surface area (Å²) in [5, 5.41) is 6.57. The van der Waals surface area contributed by atoms with Crippen molar-refractivity contribution in [3.63, 3.8) is 0 Å². The summed E-state index contributed by atoms with van der Waals surface area (Å²) in [4.78, 5) is 12.0. The Labute approximate surface area is 144 Å². The lowest BCUT2D eigenvalue weighted by molar-refractivity contribution is -0.115. The number of hydrogen-bond donors (Lipinski definition) is 2. The summed E-state index contributed by atoms with van der Waals surface area (Å²) >= 11 is 5.97. The van der Waals surface area contributed by atoms with Gasteiger partial charge in [-0.25, -0.2) is 0 Å². The van der Waals surface area contributed by atoms with Gasteiger partial charge in [-0.2, -0.15) is 0 Å². The molecule has 24 heavy (non-hydrogen) atoms. The fourth-order valence-electron chi connectivity index (χ4n) is 2.33. The lowest BCUT2D eigenvalue weighted by atomic mass is 10.2. The Morgan fingerprint density at radius 2 is 2.04 bits per heavy atom. The summed E-state index contributed by atoms with van der Waals surface area (Å²) in [6, 6.07) is 10.6. The number of halogens is 1. The number of amides is 1. The van der Waals surface area contributed by atoms with Crippen molar-refractivity contribution in [1.29, 1.82) is 0 Å². The molecule has 1 aliphatic heterocycles. The number of carbonyl (C=O) groups is 1. The largest absolute Gasteiger partial charge is 0.495 e. The number of ether oxygens (including phenoxy) is 3. The predicted molar refractivity (Wildman–Crippen MR) is 92.3 cm³/mol. The van der Waals surface area contributed by atoms with Gasteiger partial charge in [-0.1, -0.05) is 11.6 Å². The van der Waals surface area contributed by atoms with Gasteiger partial charge in [0.1, 0.15) is 5.75 Å². The number of hydrogen-bond acceptors (Lipinski definition) is 5. The van der Waals surface area contributed by atoms with Crippen molar-refractivity contribution in [1.82, 2.24) is 0 Å². The van der Waals surface area contributed by atoms with E-state index >= 15 is 0 Å². The van der Waals surface area contributed by atoms with Crippen molar-refractivity contribution < 1.29 is 19.0 Å². The third-order valence-electron chi connectivity index (χ3n) is 3.49. The molecule has 2 aromatic rings. The molecular weight excluding hydrogens is 332 g/mol. The van der Waals surface area contributed by atoms with E-state index in [2.05, 4.69) is 10.6 Å². The van der Waals surface area contributed by atoms with Crippen molar-refractivity contribution in [3.8, 4) is 17.2 Å². The summed E-state index contributed by atoms with van der Waals surface area (Å²) in [6.45, 7) is 0.658. The Balaban J connectivity index is 1.52. The molecule has 0 atom stereocenters. The molecule has 0 aliphatic carbocycles. The van der Waals surface area contributed by atoms with Gasteiger partial charge in [0.05, 0.1) is 12.8 Å². The molecule has 2 aromatic carbocycles. The number of rotatable bonds is 6. The third-order valence-corrected chi connectivity index (χ3v) is 3.72. The van der Waals surface area contributed by atoms with Crippen molar-refractivity contribution in [2.45, 2.75) is 6.42 Å². The van der Waals surface area contributed by atoms with E-state index in [4.69, 9.17) is 25.8 Å². The van der Waals surface area contributed by atoms with Crippen LogP contribution < -0.4 is 24.8 Å². The fraction of sp³-hybridized carbons (Fsp3) is 0.235. The van der Waals surface area contributed by atoms with Gasteiger partial charge in [-0.15, -0.1) is 0 Å². The van der Waals surface area contributed by atoms with Gasteiger partial charge < -0.3 is 24.8 Å². The minimum Gasteiger partial charge on any atom is -0.495 e. The van der Waals surface area contributed by atoms with E-state index in [0.29, 0.717) is 40.9 Å². The molecule has 7 heteroatoms. The van der Waals surface area contributed by atoms with Crippen LogP contribution in [0.4, 0.5) is 11.4 Å². The second-order valence-electron chi connectivity index (χ2n) is 5.14. The number of fused-ring (bicyclic) bond motifs is 1. The second-order valence-corrected chi connectivity index (χ2v) is 5.57. The Hall–Kier alpha value is -2.60. The van der Waals surface area contributed by atoms with Gasteiger partial charge in [0.15, 0.2) is 11.5 Å². The molecule has 3 rings (SSSR count). The van der Waals surface area contributed by atoms with E-state index < -0.39 is 0 Å². The molecule has 1 aliphatic rings. The molecule has 0 saturated carbocycles. The monoisotopic (exact) mass is 348 g/mol. The molecule has 6 nitrogen and oxygen atoms in total. The number of benzene rings is 2. The van der Waals surface area contributed by atoms with Gasteiger partial charge in [0.25, 0.3) is 0 Å². The third kappa shape index (κ3) is 3.83.